The molecule has 0 saturated carbocycles. The summed E-state index contributed by atoms with van der Waals surface area (Å²) in [6.07, 6.45) is 7.94. The van der Waals surface area contributed by atoms with Crippen molar-refractivity contribution in [3.63, 3.8) is 0 Å². The Bertz CT molecular complexity index is 550. The van der Waals surface area contributed by atoms with E-state index >= 15 is 0 Å². The number of benzene rings is 1. The molecule has 1 fully saturated rings. The van der Waals surface area contributed by atoms with Crippen LogP contribution in [0.25, 0.3) is 11.3 Å². The molecule has 0 aliphatic carbocycles. The Morgan fingerprint density at radius 2 is 1.90 bits per heavy atom. The highest BCUT2D eigenvalue weighted by molar-refractivity contribution is 5.58. The van der Waals surface area contributed by atoms with Crippen LogP contribution in [0, 0.1) is 5.92 Å². The van der Waals surface area contributed by atoms with Crippen LogP contribution in [0.5, 0.6) is 0 Å². The molecule has 3 rings (SSSR count). The molecular formula is C18H25N3. The van der Waals surface area contributed by atoms with E-state index in [9.17, 15) is 0 Å². The van der Waals surface area contributed by atoms with Crippen molar-refractivity contribution in [2.24, 2.45) is 5.92 Å². The van der Waals surface area contributed by atoms with Crippen molar-refractivity contribution in [1.82, 2.24) is 15.3 Å². The van der Waals surface area contributed by atoms with Gasteiger partial charge in [-0.2, -0.15) is 0 Å². The molecule has 2 N–H and O–H groups in total. The molecule has 0 radical (unpaired) electrons. The summed E-state index contributed by atoms with van der Waals surface area (Å²) in [4.78, 5) is 8.07. The first-order valence-electron chi connectivity index (χ1n) is 8.19. The second-order valence-corrected chi connectivity index (χ2v) is 6.09. The number of rotatable bonds is 5. The van der Waals surface area contributed by atoms with Crippen LogP contribution in [0.2, 0.25) is 0 Å². The number of aryl methyl sites for hydroxylation is 1. The van der Waals surface area contributed by atoms with Gasteiger partial charge in [-0.05, 0) is 49.4 Å². The lowest BCUT2D eigenvalue weighted by Gasteiger charge is -2.21. The maximum absolute atomic E-state index is 4.57. The summed E-state index contributed by atoms with van der Waals surface area (Å²) in [5.74, 6) is 1.91. The van der Waals surface area contributed by atoms with Gasteiger partial charge in [0.05, 0.1) is 11.9 Å². The van der Waals surface area contributed by atoms with Gasteiger partial charge in [-0.1, -0.05) is 37.6 Å². The smallest absolute Gasteiger partial charge is 0.106 e. The minimum atomic E-state index is 0.775. The highest BCUT2D eigenvalue weighted by Gasteiger charge is 2.15. The molecule has 21 heavy (non-hydrogen) atoms. The summed E-state index contributed by atoms with van der Waals surface area (Å²) in [6, 6.07) is 8.86. The molecule has 1 aromatic carbocycles. The number of hydrogen-bond donors (Lipinski definition) is 2. The number of H-pyrrole nitrogens is 1. The first-order valence-corrected chi connectivity index (χ1v) is 8.19. The van der Waals surface area contributed by atoms with E-state index in [4.69, 9.17) is 0 Å². The van der Waals surface area contributed by atoms with E-state index in [1.807, 2.05) is 6.20 Å². The number of imidazole rings is 1. The molecule has 1 saturated heterocycles. The molecule has 0 amide bonds. The second kappa shape index (κ2) is 6.90. The fraction of sp³-hybridized carbons (Fsp3) is 0.500. The van der Waals surface area contributed by atoms with Crippen molar-refractivity contribution in [2.45, 2.75) is 39.0 Å². The summed E-state index contributed by atoms with van der Waals surface area (Å²) in [6.45, 7) is 4.52. The molecule has 2 heterocycles. The third-order valence-electron chi connectivity index (χ3n) is 4.37. The molecular weight excluding hydrogens is 258 g/mol. The molecule has 0 bridgehead atoms. The van der Waals surface area contributed by atoms with Gasteiger partial charge in [0.2, 0.25) is 0 Å². The van der Waals surface area contributed by atoms with Crippen molar-refractivity contribution in [3.8, 4) is 11.3 Å². The van der Waals surface area contributed by atoms with Gasteiger partial charge < -0.3 is 10.3 Å². The van der Waals surface area contributed by atoms with E-state index in [0.717, 1.165) is 43.4 Å². The second-order valence-electron chi connectivity index (χ2n) is 6.09. The summed E-state index contributed by atoms with van der Waals surface area (Å²) in [5.41, 5.74) is 3.79. The standard InChI is InChI=1S/C18H25N3/c1-2-3-14-4-6-16(7-5-14)17-13-20-18(21-17)12-15-8-10-19-11-9-15/h4-7,13,15,19H,2-3,8-12H2,1H3,(H,20,21). The van der Waals surface area contributed by atoms with Crippen molar-refractivity contribution in [1.29, 1.82) is 0 Å². The molecule has 1 aliphatic rings. The monoisotopic (exact) mass is 283 g/mol. The Kier molecular flexibility index (Phi) is 4.71. The summed E-state index contributed by atoms with van der Waals surface area (Å²) < 4.78 is 0. The topological polar surface area (TPSA) is 40.7 Å². The number of piperidine rings is 1. The SMILES string of the molecule is CCCc1ccc(-c2cnc(CC3CCNCC3)[nH]2)cc1. The zero-order valence-corrected chi connectivity index (χ0v) is 12.9. The predicted octanol–water partition coefficient (Wildman–Crippen LogP) is 3.57. The maximum Gasteiger partial charge on any atom is 0.106 e. The number of aromatic nitrogens is 2. The normalized spacial score (nSPS) is 16.2. The van der Waals surface area contributed by atoms with Crippen LogP contribution < -0.4 is 5.32 Å². The number of hydrogen-bond acceptors (Lipinski definition) is 2. The lowest BCUT2D eigenvalue weighted by atomic mass is 9.94. The van der Waals surface area contributed by atoms with Crippen LogP contribution in [0.15, 0.2) is 30.5 Å². The quantitative estimate of drug-likeness (QED) is 0.880. The van der Waals surface area contributed by atoms with Crippen molar-refractivity contribution in [3.05, 3.63) is 41.9 Å². The first kappa shape index (κ1) is 14.3. The zero-order valence-electron chi connectivity index (χ0n) is 12.9. The fourth-order valence-electron chi connectivity index (χ4n) is 3.11. The molecule has 1 aliphatic heterocycles. The number of nitrogens with zero attached hydrogens (tertiary/aromatic N) is 1. The van der Waals surface area contributed by atoms with E-state index in [1.54, 1.807) is 0 Å². The summed E-state index contributed by atoms with van der Waals surface area (Å²) in [7, 11) is 0. The Balaban J connectivity index is 1.66. The predicted molar refractivity (Wildman–Crippen MR) is 87.3 cm³/mol. The van der Waals surface area contributed by atoms with E-state index < -0.39 is 0 Å². The van der Waals surface area contributed by atoms with Gasteiger partial charge in [0.25, 0.3) is 0 Å². The van der Waals surface area contributed by atoms with Gasteiger partial charge in [-0.3, -0.25) is 0 Å². The first-order chi connectivity index (χ1) is 10.3. The van der Waals surface area contributed by atoms with Gasteiger partial charge in [-0.15, -0.1) is 0 Å². The summed E-state index contributed by atoms with van der Waals surface area (Å²) >= 11 is 0. The van der Waals surface area contributed by atoms with Crippen LogP contribution >= 0.6 is 0 Å². The Morgan fingerprint density at radius 3 is 2.62 bits per heavy atom. The van der Waals surface area contributed by atoms with Crippen molar-refractivity contribution >= 4 is 0 Å². The van der Waals surface area contributed by atoms with E-state index in [-0.39, 0.29) is 0 Å². The summed E-state index contributed by atoms with van der Waals surface area (Å²) in [5, 5.41) is 3.42. The third kappa shape index (κ3) is 3.73. The Labute approximate surface area is 127 Å². The minimum Gasteiger partial charge on any atom is -0.342 e. The largest absolute Gasteiger partial charge is 0.342 e. The molecule has 0 atom stereocenters. The van der Waals surface area contributed by atoms with Crippen LogP contribution in [-0.2, 0) is 12.8 Å². The van der Waals surface area contributed by atoms with E-state index in [0.29, 0.717) is 0 Å². The van der Waals surface area contributed by atoms with Gasteiger partial charge >= 0.3 is 0 Å². The lowest BCUT2D eigenvalue weighted by molar-refractivity contribution is 0.368. The van der Waals surface area contributed by atoms with Crippen LogP contribution in [-0.4, -0.2) is 23.1 Å². The van der Waals surface area contributed by atoms with Gasteiger partial charge in [0.1, 0.15) is 5.82 Å². The van der Waals surface area contributed by atoms with Gasteiger partial charge in [-0.25, -0.2) is 4.98 Å². The zero-order chi connectivity index (χ0) is 14.5. The Hall–Kier alpha value is -1.61. The highest BCUT2D eigenvalue weighted by Crippen LogP contribution is 2.21. The average Bonchev–Trinajstić information content (AvgIpc) is 2.98. The highest BCUT2D eigenvalue weighted by atomic mass is 14.9. The fourth-order valence-corrected chi connectivity index (χ4v) is 3.11. The molecule has 1 aromatic heterocycles. The molecule has 0 spiro atoms. The van der Waals surface area contributed by atoms with Crippen LogP contribution in [0.3, 0.4) is 0 Å². The third-order valence-corrected chi connectivity index (χ3v) is 4.37. The average molecular weight is 283 g/mol. The van der Waals surface area contributed by atoms with Crippen LogP contribution in [0.1, 0.15) is 37.6 Å². The molecule has 3 nitrogen and oxygen atoms in total. The van der Waals surface area contributed by atoms with E-state index in [1.165, 1.54) is 30.4 Å². The Morgan fingerprint density at radius 1 is 1.14 bits per heavy atom. The van der Waals surface area contributed by atoms with Crippen LogP contribution in [0.4, 0.5) is 0 Å². The van der Waals surface area contributed by atoms with Crippen molar-refractivity contribution < 1.29 is 0 Å². The number of aromatic amines is 1. The lowest BCUT2D eigenvalue weighted by Crippen LogP contribution is -2.28. The van der Waals surface area contributed by atoms with E-state index in [2.05, 4.69) is 46.5 Å². The van der Waals surface area contributed by atoms with Crippen molar-refractivity contribution in [2.75, 3.05) is 13.1 Å². The molecule has 3 heteroatoms. The van der Waals surface area contributed by atoms with Gasteiger partial charge in [0, 0.05) is 6.42 Å². The maximum atomic E-state index is 4.57. The molecule has 112 valence electrons. The number of nitrogens with one attached hydrogen (secondary N) is 2. The molecule has 2 aromatic rings. The minimum absolute atomic E-state index is 0.775. The molecule has 0 unspecified atom stereocenters. The van der Waals surface area contributed by atoms with Gasteiger partial charge in [0.15, 0.2) is 0 Å².